The number of hydrogen-bond donors (Lipinski definition) is 1. The molecule has 1 saturated heterocycles. The van der Waals surface area contributed by atoms with Crippen LogP contribution in [0.3, 0.4) is 0 Å². The molecule has 1 fully saturated rings. The molecule has 0 saturated carbocycles. The molecule has 28 heavy (non-hydrogen) atoms. The Bertz CT molecular complexity index is 929. The van der Waals surface area contributed by atoms with E-state index in [1.165, 1.54) is 0 Å². The van der Waals surface area contributed by atoms with Crippen molar-refractivity contribution in [3.05, 3.63) is 53.9 Å². The molecule has 7 heteroatoms. The highest BCUT2D eigenvalue weighted by Gasteiger charge is 2.35. The van der Waals surface area contributed by atoms with Gasteiger partial charge in [-0.1, -0.05) is 6.07 Å². The first-order valence-corrected chi connectivity index (χ1v) is 9.41. The van der Waals surface area contributed by atoms with E-state index in [9.17, 15) is 14.4 Å². The Morgan fingerprint density at radius 3 is 2.89 bits per heavy atom. The number of fused-ring (bicyclic) bond motifs is 1. The third-order valence-corrected chi connectivity index (χ3v) is 5.34. The number of rotatable bonds is 4. The van der Waals surface area contributed by atoms with Crippen LogP contribution in [0.5, 0.6) is 0 Å². The van der Waals surface area contributed by atoms with Crippen LogP contribution in [0.4, 0.5) is 11.4 Å². The topological polar surface area (TPSA) is 82.6 Å². The second-order valence-electron chi connectivity index (χ2n) is 7.22. The van der Waals surface area contributed by atoms with Crippen molar-refractivity contribution in [1.29, 1.82) is 0 Å². The lowest BCUT2D eigenvalue weighted by molar-refractivity contribution is -0.126. The Balaban J connectivity index is 1.42. The largest absolute Gasteiger partial charge is 0.352 e. The molecule has 2 aromatic rings. The van der Waals surface area contributed by atoms with Crippen molar-refractivity contribution in [2.75, 3.05) is 22.9 Å². The van der Waals surface area contributed by atoms with Gasteiger partial charge in [-0.2, -0.15) is 0 Å². The summed E-state index contributed by atoms with van der Waals surface area (Å²) in [7, 11) is 0. The molecular formula is C21H22N4O3. The van der Waals surface area contributed by atoms with Gasteiger partial charge in [-0.25, -0.2) is 0 Å². The summed E-state index contributed by atoms with van der Waals surface area (Å²) in [5, 5.41) is 2.89. The van der Waals surface area contributed by atoms with Gasteiger partial charge in [0.1, 0.15) is 0 Å². The first-order chi connectivity index (χ1) is 13.5. The van der Waals surface area contributed by atoms with Crippen LogP contribution in [-0.4, -0.2) is 35.8 Å². The summed E-state index contributed by atoms with van der Waals surface area (Å²) < 4.78 is 0. The smallest absolute Gasteiger partial charge is 0.227 e. The standard InChI is InChI=1S/C21H22N4O3/c1-14(26)24-8-6-16-9-18(4-5-19(16)24)25-13-17(10-20(25)27)21(28)23-12-15-3-2-7-22-11-15/h2-5,7,9,11,17H,6,8,10,12-13H2,1H3,(H,23,28)/t17-/m1/s1. The molecule has 1 N–H and O–H groups in total. The zero-order valence-corrected chi connectivity index (χ0v) is 15.7. The van der Waals surface area contributed by atoms with Crippen LogP contribution < -0.4 is 15.1 Å². The number of nitrogens with zero attached hydrogens (tertiary/aromatic N) is 3. The Kier molecular flexibility index (Phi) is 4.81. The summed E-state index contributed by atoms with van der Waals surface area (Å²) in [5.74, 6) is -0.522. The SMILES string of the molecule is CC(=O)N1CCc2cc(N3C[C@H](C(=O)NCc4cccnc4)CC3=O)ccc21. The van der Waals surface area contributed by atoms with E-state index in [1.54, 1.807) is 29.1 Å². The zero-order valence-electron chi connectivity index (χ0n) is 15.7. The number of benzene rings is 1. The molecule has 0 spiro atoms. The van der Waals surface area contributed by atoms with E-state index < -0.39 is 0 Å². The molecule has 3 amide bonds. The van der Waals surface area contributed by atoms with Gasteiger partial charge in [-0.05, 0) is 41.8 Å². The molecule has 0 radical (unpaired) electrons. The monoisotopic (exact) mass is 378 g/mol. The lowest BCUT2D eigenvalue weighted by atomic mass is 10.1. The van der Waals surface area contributed by atoms with E-state index in [2.05, 4.69) is 10.3 Å². The highest BCUT2D eigenvalue weighted by Crippen LogP contribution is 2.34. The van der Waals surface area contributed by atoms with E-state index in [0.29, 0.717) is 19.6 Å². The lowest BCUT2D eigenvalue weighted by Gasteiger charge is -2.19. The van der Waals surface area contributed by atoms with E-state index in [1.807, 2.05) is 30.3 Å². The van der Waals surface area contributed by atoms with Crippen molar-refractivity contribution in [2.24, 2.45) is 5.92 Å². The molecule has 4 rings (SSSR count). The molecule has 2 aliphatic heterocycles. The van der Waals surface area contributed by atoms with Gasteiger partial charge in [0, 0.05) is 56.7 Å². The number of amides is 3. The molecule has 0 aliphatic carbocycles. The van der Waals surface area contributed by atoms with E-state index >= 15 is 0 Å². The second kappa shape index (κ2) is 7.42. The molecule has 7 nitrogen and oxygen atoms in total. The first kappa shape index (κ1) is 18.2. The second-order valence-corrected chi connectivity index (χ2v) is 7.22. The summed E-state index contributed by atoms with van der Waals surface area (Å²) >= 11 is 0. The van der Waals surface area contributed by atoms with Crippen molar-refractivity contribution in [3.63, 3.8) is 0 Å². The lowest BCUT2D eigenvalue weighted by Crippen LogP contribution is -2.32. The minimum Gasteiger partial charge on any atom is -0.352 e. The van der Waals surface area contributed by atoms with Crippen LogP contribution in [0, 0.1) is 5.92 Å². The fourth-order valence-electron chi connectivity index (χ4n) is 3.85. The summed E-state index contributed by atoms with van der Waals surface area (Å²) in [6, 6.07) is 9.43. The van der Waals surface area contributed by atoms with Crippen LogP contribution in [0.25, 0.3) is 0 Å². The summed E-state index contributed by atoms with van der Waals surface area (Å²) in [6.45, 7) is 2.99. The van der Waals surface area contributed by atoms with Crippen LogP contribution in [-0.2, 0) is 27.3 Å². The maximum absolute atomic E-state index is 12.5. The summed E-state index contributed by atoms with van der Waals surface area (Å²) in [5.41, 5.74) is 3.68. The van der Waals surface area contributed by atoms with Gasteiger partial charge in [-0.15, -0.1) is 0 Å². The molecule has 3 heterocycles. The molecule has 1 aromatic heterocycles. The van der Waals surface area contributed by atoms with Gasteiger partial charge in [0.05, 0.1) is 5.92 Å². The van der Waals surface area contributed by atoms with Crippen LogP contribution in [0.2, 0.25) is 0 Å². The number of anilines is 2. The third-order valence-electron chi connectivity index (χ3n) is 5.34. The number of carbonyl (C=O) groups is 3. The van der Waals surface area contributed by atoms with Crippen molar-refractivity contribution in [3.8, 4) is 0 Å². The van der Waals surface area contributed by atoms with Crippen molar-refractivity contribution < 1.29 is 14.4 Å². The van der Waals surface area contributed by atoms with E-state index in [4.69, 9.17) is 0 Å². The Labute approximate surface area is 163 Å². The molecular weight excluding hydrogens is 356 g/mol. The number of nitrogens with one attached hydrogen (secondary N) is 1. The average Bonchev–Trinajstić information content (AvgIpc) is 3.30. The molecule has 0 unspecified atom stereocenters. The predicted molar refractivity (Wildman–Crippen MR) is 105 cm³/mol. The predicted octanol–water partition coefficient (Wildman–Crippen LogP) is 1.66. The maximum atomic E-state index is 12.5. The first-order valence-electron chi connectivity index (χ1n) is 9.41. The minimum absolute atomic E-state index is 0.0223. The zero-order chi connectivity index (χ0) is 19.7. The van der Waals surface area contributed by atoms with Crippen molar-refractivity contribution in [1.82, 2.24) is 10.3 Å². The van der Waals surface area contributed by atoms with E-state index in [-0.39, 0.29) is 30.1 Å². The van der Waals surface area contributed by atoms with Gasteiger partial charge in [-0.3, -0.25) is 19.4 Å². The molecule has 0 bridgehead atoms. The minimum atomic E-state index is -0.369. The van der Waals surface area contributed by atoms with Gasteiger partial charge in [0.25, 0.3) is 0 Å². The molecule has 144 valence electrons. The fourth-order valence-corrected chi connectivity index (χ4v) is 3.85. The summed E-state index contributed by atoms with van der Waals surface area (Å²) in [4.78, 5) is 44.1. The van der Waals surface area contributed by atoms with Crippen LogP contribution in [0.1, 0.15) is 24.5 Å². The number of aromatic nitrogens is 1. The van der Waals surface area contributed by atoms with Gasteiger partial charge in [0.15, 0.2) is 0 Å². The number of hydrogen-bond acceptors (Lipinski definition) is 4. The fraction of sp³-hybridized carbons (Fsp3) is 0.333. The highest BCUT2D eigenvalue weighted by molar-refractivity contribution is 6.01. The Morgan fingerprint density at radius 2 is 2.14 bits per heavy atom. The van der Waals surface area contributed by atoms with E-state index in [0.717, 1.165) is 28.9 Å². The van der Waals surface area contributed by atoms with Gasteiger partial charge >= 0.3 is 0 Å². The number of pyridine rings is 1. The van der Waals surface area contributed by atoms with Crippen molar-refractivity contribution >= 4 is 29.1 Å². The van der Waals surface area contributed by atoms with Gasteiger partial charge in [0.2, 0.25) is 17.7 Å². The van der Waals surface area contributed by atoms with Gasteiger partial charge < -0.3 is 15.1 Å². The highest BCUT2D eigenvalue weighted by atomic mass is 16.2. The quantitative estimate of drug-likeness (QED) is 0.877. The van der Waals surface area contributed by atoms with Crippen LogP contribution in [0.15, 0.2) is 42.7 Å². The third kappa shape index (κ3) is 3.47. The average molecular weight is 378 g/mol. The maximum Gasteiger partial charge on any atom is 0.227 e. The molecule has 2 aliphatic rings. The van der Waals surface area contributed by atoms with Crippen LogP contribution >= 0.6 is 0 Å². The Hall–Kier alpha value is -3.22. The summed E-state index contributed by atoms with van der Waals surface area (Å²) in [6.07, 6.45) is 4.38. The molecule has 1 atom stereocenters. The Morgan fingerprint density at radius 1 is 1.29 bits per heavy atom. The van der Waals surface area contributed by atoms with Crippen molar-refractivity contribution in [2.45, 2.75) is 26.3 Å². The molecule has 1 aromatic carbocycles. The normalized spacial score (nSPS) is 18.3. The number of carbonyl (C=O) groups excluding carboxylic acids is 3.